The van der Waals surface area contributed by atoms with E-state index in [9.17, 15) is 9.59 Å². The van der Waals surface area contributed by atoms with Crippen LogP contribution in [-0.2, 0) is 14.3 Å². The number of nitrogens with zero attached hydrogens (tertiary/aromatic N) is 2. The van der Waals surface area contributed by atoms with Crippen LogP contribution in [0.15, 0.2) is 94.8 Å². The quantitative estimate of drug-likeness (QED) is 0.432. The summed E-state index contributed by atoms with van der Waals surface area (Å²) in [5.41, 5.74) is 2.34. The van der Waals surface area contributed by atoms with E-state index in [2.05, 4.69) is 10.3 Å². The summed E-state index contributed by atoms with van der Waals surface area (Å²) in [4.78, 5) is 32.0. The van der Waals surface area contributed by atoms with Crippen LogP contribution in [-0.4, -0.2) is 48.8 Å². The van der Waals surface area contributed by atoms with Crippen molar-refractivity contribution in [3.63, 3.8) is 0 Å². The number of rotatable bonds is 9. The first-order chi connectivity index (χ1) is 17.1. The molecule has 1 saturated heterocycles. The zero-order chi connectivity index (χ0) is 24.5. The molecule has 35 heavy (non-hydrogen) atoms. The monoisotopic (exact) mass is 487 g/mol. The van der Waals surface area contributed by atoms with E-state index in [1.54, 1.807) is 24.1 Å². The van der Waals surface area contributed by atoms with Gasteiger partial charge in [0.05, 0.1) is 23.7 Å². The van der Waals surface area contributed by atoms with E-state index in [0.29, 0.717) is 29.0 Å². The molecule has 0 unspecified atom stereocenters. The van der Waals surface area contributed by atoms with Gasteiger partial charge >= 0.3 is 0 Å². The maximum Gasteiger partial charge on any atom is 0.266 e. The summed E-state index contributed by atoms with van der Waals surface area (Å²) in [6, 6.07) is 26.0. The third-order valence-electron chi connectivity index (χ3n) is 4.99. The largest absolute Gasteiger partial charge is 0.484 e. The number of carbonyl (C=O) groups is 2. The van der Waals surface area contributed by atoms with Crippen molar-refractivity contribution in [3.05, 3.63) is 95.4 Å². The lowest BCUT2D eigenvalue weighted by atomic mass is 10.2. The Kier molecular flexibility index (Phi) is 8.32. The fraction of sp³-hybridized carbons (Fsp3) is 0.148. The number of thioether (sulfide) groups is 1. The fourth-order valence-corrected chi connectivity index (χ4v) is 4.29. The van der Waals surface area contributed by atoms with E-state index in [4.69, 9.17) is 9.47 Å². The normalized spacial score (nSPS) is 15.6. The number of benzene rings is 3. The van der Waals surface area contributed by atoms with E-state index in [0.717, 1.165) is 16.9 Å². The molecule has 0 saturated carbocycles. The Morgan fingerprint density at radius 3 is 2.37 bits per heavy atom. The Labute approximate surface area is 208 Å². The van der Waals surface area contributed by atoms with Crippen LogP contribution in [0.3, 0.4) is 0 Å². The summed E-state index contributed by atoms with van der Waals surface area (Å²) in [6.07, 6.45) is 1.83. The molecular weight excluding hydrogens is 462 g/mol. The zero-order valence-electron chi connectivity index (χ0n) is 19.2. The van der Waals surface area contributed by atoms with Crippen molar-refractivity contribution in [1.29, 1.82) is 0 Å². The Balaban J connectivity index is 1.41. The Bertz CT molecular complexity index is 1210. The Hall–Kier alpha value is -3.88. The van der Waals surface area contributed by atoms with Crippen LogP contribution in [0.5, 0.6) is 5.75 Å². The molecule has 1 N–H and O–H groups in total. The van der Waals surface area contributed by atoms with Crippen molar-refractivity contribution in [2.75, 3.05) is 32.2 Å². The molecule has 0 aromatic heterocycles. The molecule has 2 amide bonds. The third-order valence-corrected chi connectivity index (χ3v) is 6.00. The summed E-state index contributed by atoms with van der Waals surface area (Å²) in [5, 5.41) is 3.40. The van der Waals surface area contributed by atoms with Crippen molar-refractivity contribution in [3.8, 4) is 5.75 Å². The number of hydrogen-bond donors (Lipinski definition) is 1. The van der Waals surface area contributed by atoms with Crippen molar-refractivity contribution in [2.45, 2.75) is 0 Å². The second kappa shape index (κ2) is 12.0. The van der Waals surface area contributed by atoms with E-state index < -0.39 is 0 Å². The summed E-state index contributed by atoms with van der Waals surface area (Å²) >= 11 is 1.33. The highest BCUT2D eigenvalue weighted by molar-refractivity contribution is 8.18. The summed E-state index contributed by atoms with van der Waals surface area (Å²) in [5.74, 6) is 0.213. The maximum atomic E-state index is 13.0. The minimum absolute atomic E-state index is 0.0998. The van der Waals surface area contributed by atoms with E-state index >= 15 is 0 Å². The molecule has 7 nitrogen and oxygen atoms in total. The van der Waals surface area contributed by atoms with Gasteiger partial charge in [-0.25, -0.2) is 4.99 Å². The lowest BCUT2D eigenvalue weighted by Crippen LogP contribution is -2.32. The van der Waals surface area contributed by atoms with Crippen LogP contribution in [0.1, 0.15) is 5.56 Å². The van der Waals surface area contributed by atoms with Gasteiger partial charge in [-0.3, -0.25) is 14.5 Å². The van der Waals surface area contributed by atoms with Crippen molar-refractivity contribution >= 4 is 46.2 Å². The lowest BCUT2D eigenvalue weighted by Gasteiger charge is -2.14. The molecule has 1 aliphatic rings. The molecule has 1 heterocycles. The van der Waals surface area contributed by atoms with Gasteiger partial charge in [0.25, 0.3) is 11.8 Å². The first kappa shape index (κ1) is 24.3. The van der Waals surface area contributed by atoms with Gasteiger partial charge in [0.2, 0.25) is 0 Å². The van der Waals surface area contributed by atoms with Crippen LogP contribution in [0, 0.1) is 0 Å². The van der Waals surface area contributed by atoms with Crippen molar-refractivity contribution in [1.82, 2.24) is 4.90 Å². The number of hydrogen-bond acceptors (Lipinski definition) is 6. The van der Waals surface area contributed by atoms with Crippen LogP contribution in [0.25, 0.3) is 6.08 Å². The number of carbonyl (C=O) groups excluding carboxylic acids is 2. The Morgan fingerprint density at radius 2 is 1.69 bits per heavy atom. The van der Waals surface area contributed by atoms with E-state index in [1.807, 2.05) is 78.9 Å². The minimum atomic E-state index is -0.239. The van der Waals surface area contributed by atoms with Crippen molar-refractivity contribution < 1.29 is 19.1 Å². The molecule has 4 rings (SSSR count). The molecule has 1 aliphatic heterocycles. The highest BCUT2D eigenvalue weighted by Crippen LogP contribution is 2.34. The van der Waals surface area contributed by atoms with Crippen molar-refractivity contribution in [2.24, 2.45) is 4.99 Å². The van der Waals surface area contributed by atoms with Gasteiger partial charge in [-0.15, -0.1) is 0 Å². The summed E-state index contributed by atoms with van der Waals surface area (Å²) in [6.45, 7) is 0.734. The molecule has 0 spiro atoms. The van der Waals surface area contributed by atoms with Gasteiger partial charge < -0.3 is 14.8 Å². The van der Waals surface area contributed by atoms with Gasteiger partial charge in [-0.1, -0.05) is 48.5 Å². The number of nitrogens with one attached hydrogen (secondary N) is 1. The molecule has 0 aliphatic carbocycles. The van der Waals surface area contributed by atoms with Gasteiger partial charge in [0, 0.05) is 12.8 Å². The third kappa shape index (κ3) is 6.81. The molecular formula is C27H25N3O4S. The minimum Gasteiger partial charge on any atom is -0.484 e. The Morgan fingerprint density at radius 1 is 1.00 bits per heavy atom. The van der Waals surface area contributed by atoms with Crippen LogP contribution < -0.4 is 10.1 Å². The second-order valence-electron chi connectivity index (χ2n) is 7.56. The number of anilines is 1. The number of ether oxygens (including phenoxy) is 2. The first-order valence-electron chi connectivity index (χ1n) is 11.0. The van der Waals surface area contributed by atoms with Gasteiger partial charge in [-0.2, -0.15) is 0 Å². The van der Waals surface area contributed by atoms with E-state index in [-0.39, 0.29) is 18.4 Å². The molecule has 178 valence electrons. The average Bonchev–Trinajstić information content (AvgIpc) is 3.17. The van der Waals surface area contributed by atoms with Gasteiger partial charge in [0.1, 0.15) is 5.75 Å². The number of para-hydroxylation sites is 2. The number of amidine groups is 1. The SMILES string of the molecule is COCCN1C(=O)C(=Cc2ccc(OCC(=O)Nc3ccccc3)cc2)SC1=Nc1ccccc1. The molecule has 3 aromatic carbocycles. The second-order valence-corrected chi connectivity index (χ2v) is 8.57. The number of amides is 2. The summed E-state index contributed by atoms with van der Waals surface area (Å²) in [7, 11) is 1.60. The molecule has 0 atom stereocenters. The highest BCUT2D eigenvalue weighted by atomic mass is 32.2. The predicted octanol–water partition coefficient (Wildman–Crippen LogP) is 4.95. The van der Waals surface area contributed by atoms with E-state index in [1.165, 1.54) is 11.8 Å². The zero-order valence-corrected chi connectivity index (χ0v) is 20.0. The molecule has 8 heteroatoms. The predicted molar refractivity (Wildman–Crippen MR) is 140 cm³/mol. The van der Waals surface area contributed by atoms with Gasteiger partial charge in [-0.05, 0) is 59.8 Å². The fourth-order valence-electron chi connectivity index (χ4n) is 3.26. The number of methoxy groups -OCH3 is 1. The van der Waals surface area contributed by atoms with Crippen LogP contribution >= 0.6 is 11.8 Å². The topological polar surface area (TPSA) is 80.2 Å². The molecule has 1 fully saturated rings. The standard InChI is InChI=1S/C27H25N3O4S/c1-33-17-16-30-26(32)24(35-27(30)29-22-10-6-3-7-11-22)18-20-12-14-23(15-13-20)34-19-25(31)28-21-8-4-2-5-9-21/h2-15,18H,16-17,19H2,1H3,(H,28,31). The summed E-state index contributed by atoms with van der Waals surface area (Å²) < 4.78 is 10.8. The van der Waals surface area contributed by atoms with Crippen LogP contribution in [0.2, 0.25) is 0 Å². The van der Waals surface area contributed by atoms with Crippen LogP contribution in [0.4, 0.5) is 11.4 Å². The first-order valence-corrected chi connectivity index (χ1v) is 11.9. The molecule has 0 radical (unpaired) electrons. The molecule has 3 aromatic rings. The maximum absolute atomic E-state index is 13.0. The molecule has 0 bridgehead atoms. The average molecular weight is 488 g/mol. The van der Waals surface area contributed by atoms with Gasteiger partial charge in [0.15, 0.2) is 11.8 Å². The lowest BCUT2D eigenvalue weighted by molar-refractivity contribution is -0.122. The smallest absolute Gasteiger partial charge is 0.266 e. The number of aliphatic imine (C=N–C) groups is 1. The highest BCUT2D eigenvalue weighted by Gasteiger charge is 2.33.